The van der Waals surface area contributed by atoms with Gasteiger partial charge in [0.05, 0.1) is 23.3 Å². The topological polar surface area (TPSA) is 146 Å². The number of imide groups is 1. The Morgan fingerprint density at radius 2 is 1.77 bits per heavy atom. The summed E-state index contributed by atoms with van der Waals surface area (Å²) in [5, 5.41) is 12.8. The highest BCUT2D eigenvalue weighted by Crippen LogP contribution is 2.69. The van der Waals surface area contributed by atoms with E-state index in [-0.39, 0.29) is 71.1 Å². The van der Waals surface area contributed by atoms with Gasteiger partial charge in [-0.1, -0.05) is 47.2 Å². The molecule has 6 unspecified atom stereocenters. The van der Waals surface area contributed by atoms with E-state index >= 15 is 0 Å². The second-order valence-corrected chi connectivity index (χ2v) is 13.9. The van der Waals surface area contributed by atoms with E-state index < -0.39 is 17.8 Å². The molecule has 2 aliphatic heterocycles. The number of aromatic amines is 1. The molecule has 43 heavy (non-hydrogen) atoms. The number of carbonyl (C=O) groups is 4. The van der Waals surface area contributed by atoms with Gasteiger partial charge in [-0.3, -0.25) is 28.9 Å². The summed E-state index contributed by atoms with van der Waals surface area (Å²) in [5.41, 5.74) is 2.59. The van der Waals surface area contributed by atoms with Crippen molar-refractivity contribution in [3.63, 3.8) is 0 Å². The van der Waals surface area contributed by atoms with Crippen molar-refractivity contribution in [3.05, 3.63) is 74.2 Å². The molecule has 3 N–H and O–H groups in total. The van der Waals surface area contributed by atoms with E-state index in [1.54, 1.807) is 11.8 Å². The first kappa shape index (κ1) is 27.9. The minimum absolute atomic E-state index is 0.0111. The van der Waals surface area contributed by atoms with Crippen LogP contribution in [0.2, 0.25) is 0 Å². The molecule has 7 rings (SSSR count). The van der Waals surface area contributed by atoms with Gasteiger partial charge in [-0.2, -0.15) is 0 Å². The van der Waals surface area contributed by atoms with Gasteiger partial charge < -0.3 is 20.1 Å². The van der Waals surface area contributed by atoms with Gasteiger partial charge in [0.15, 0.2) is 6.61 Å². The number of carboxylic acid groups (broad SMARTS) is 1. The predicted molar refractivity (Wildman–Crippen MR) is 159 cm³/mol. The van der Waals surface area contributed by atoms with Crippen LogP contribution in [0.4, 0.5) is 5.69 Å². The van der Waals surface area contributed by atoms with Crippen LogP contribution >= 0.6 is 23.1 Å². The van der Waals surface area contributed by atoms with E-state index in [1.807, 2.05) is 55.5 Å². The van der Waals surface area contributed by atoms with Gasteiger partial charge in [-0.05, 0) is 49.3 Å². The number of fused-ring (bicyclic) bond motifs is 9. The number of hydrogen-bond acceptors (Lipinski definition) is 8. The fourth-order valence-electron chi connectivity index (χ4n) is 7.70. The van der Waals surface area contributed by atoms with E-state index in [2.05, 4.69) is 10.3 Å². The first-order valence-electron chi connectivity index (χ1n) is 14.3. The molecular formula is C31H29N3O7S2. The maximum absolute atomic E-state index is 13.6. The Labute approximate surface area is 254 Å². The third-order valence-electron chi connectivity index (χ3n) is 9.31. The Morgan fingerprint density at radius 3 is 2.51 bits per heavy atom. The first-order chi connectivity index (χ1) is 20.7. The quantitative estimate of drug-likeness (QED) is 0.324. The Hall–Kier alpha value is -3.90. The number of rotatable bonds is 8. The molecule has 0 spiro atoms. The molecule has 10 nitrogen and oxygen atoms in total. The van der Waals surface area contributed by atoms with Crippen LogP contribution in [0.1, 0.15) is 34.8 Å². The summed E-state index contributed by atoms with van der Waals surface area (Å²) in [6.07, 6.45) is 0.441. The summed E-state index contributed by atoms with van der Waals surface area (Å²) in [6, 6.07) is 15.0. The molecule has 222 valence electrons. The normalized spacial score (nSPS) is 28.4. The highest BCUT2D eigenvalue weighted by Gasteiger charge is 2.69. The Balaban J connectivity index is 1.19. The average molecular weight is 620 g/mol. The van der Waals surface area contributed by atoms with Crippen LogP contribution in [0.3, 0.4) is 0 Å². The van der Waals surface area contributed by atoms with Crippen LogP contribution in [0, 0.1) is 36.5 Å². The number of likely N-dealkylation sites (tertiary alicyclic amines) is 1. The number of aliphatic carboxylic acids is 1. The summed E-state index contributed by atoms with van der Waals surface area (Å²) in [7, 11) is 0. The molecule has 2 aliphatic carbocycles. The second-order valence-electron chi connectivity index (χ2n) is 11.7. The molecule has 2 aromatic carbocycles. The fourth-order valence-corrected chi connectivity index (χ4v) is 10.6. The number of H-pyrrole nitrogens is 1. The average Bonchev–Trinajstić information content (AvgIpc) is 3.71. The number of amides is 3. The highest BCUT2D eigenvalue weighted by molar-refractivity contribution is 8.00. The number of thioether (sulfide) groups is 1. The lowest BCUT2D eigenvalue weighted by molar-refractivity contribution is -0.142. The standard InChI is InChI=1S/C31H29N3O7S2/c1-14-6-8-15(9-7-14)32-20(35)13-41-19-5-3-2-4-16(19)22-23-17-12-18(26(23)42-28-27(22)43-31(40)33-28)25-24(17)29(38)34(30(25)39)11-10-21(36)37/h2-9,17-18,22-26H,10-13H2,1H3,(H,32,35)(H,33,40)(H,36,37)/t17?,18?,22-,23?,24?,25?,26?/m1/s1. The molecule has 7 atom stereocenters. The Kier molecular flexibility index (Phi) is 6.93. The number of carbonyl (C=O) groups excluding carboxylic acids is 3. The van der Waals surface area contributed by atoms with Crippen molar-refractivity contribution in [2.24, 2.45) is 29.6 Å². The van der Waals surface area contributed by atoms with E-state index in [4.69, 9.17) is 9.84 Å². The number of hydrogen-bond donors (Lipinski definition) is 3. The number of thiazole rings is 1. The van der Waals surface area contributed by atoms with Crippen molar-refractivity contribution in [1.29, 1.82) is 0 Å². The fraction of sp³-hybridized carbons (Fsp3) is 0.387. The zero-order valence-corrected chi connectivity index (χ0v) is 24.8. The van der Waals surface area contributed by atoms with Gasteiger partial charge >= 0.3 is 10.8 Å². The number of nitrogens with one attached hydrogen (secondary N) is 2. The van der Waals surface area contributed by atoms with E-state index in [0.717, 1.165) is 43.7 Å². The number of aromatic nitrogens is 1. The molecule has 1 aromatic heterocycles. The third-order valence-corrected chi connectivity index (χ3v) is 11.9. The molecule has 2 bridgehead atoms. The number of aryl methyl sites for hydroxylation is 1. The van der Waals surface area contributed by atoms with Crippen LogP contribution in [0.25, 0.3) is 0 Å². The van der Waals surface area contributed by atoms with Crippen molar-refractivity contribution < 1.29 is 29.0 Å². The second kappa shape index (κ2) is 10.7. The van der Waals surface area contributed by atoms with Gasteiger partial charge in [-0.25, -0.2) is 0 Å². The number of ether oxygens (including phenoxy) is 1. The Morgan fingerprint density at radius 1 is 1.05 bits per heavy atom. The van der Waals surface area contributed by atoms with E-state index in [1.165, 1.54) is 0 Å². The zero-order chi connectivity index (χ0) is 30.0. The molecule has 0 radical (unpaired) electrons. The molecule has 3 heterocycles. The van der Waals surface area contributed by atoms with Crippen LogP contribution < -0.4 is 14.9 Å². The summed E-state index contributed by atoms with van der Waals surface area (Å²) in [4.78, 5) is 68.4. The highest BCUT2D eigenvalue weighted by atomic mass is 32.2. The largest absolute Gasteiger partial charge is 0.483 e. The van der Waals surface area contributed by atoms with Gasteiger partial charge in [0.2, 0.25) is 11.8 Å². The first-order valence-corrected chi connectivity index (χ1v) is 16.0. The molecule has 3 aromatic rings. The monoisotopic (exact) mass is 619 g/mol. The van der Waals surface area contributed by atoms with Crippen LogP contribution in [0.5, 0.6) is 5.75 Å². The van der Waals surface area contributed by atoms with Gasteiger partial charge in [0.1, 0.15) is 5.75 Å². The molecule has 2 saturated carbocycles. The van der Waals surface area contributed by atoms with Crippen LogP contribution in [-0.4, -0.2) is 57.1 Å². The zero-order valence-electron chi connectivity index (χ0n) is 23.1. The minimum Gasteiger partial charge on any atom is -0.483 e. The summed E-state index contributed by atoms with van der Waals surface area (Å²) in [5.74, 6) is -2.83. The predicted octanol–water partition coefficient (Wildman–Crippen LogP) is 3.71. The molecule has 1 saturated heterocycles. The summed E-state index contributed by atoms with van der Waals surface area (Å²) >= 11 is 2.73. The van der Waals surface area contributed by atoms with Gasteiger partial charge in [0, 0.05) is 33.8 Å². The van der Waals surface area contributed by atoms with Crippen molar-refractivity contribution in [1.82, 2.24) is 9.88 Å². The smallest absolute Gasteiger partial charge is 0.305 e. The summed E-state index contributed by atoms with van der Waals surface area (Å²) in [6.45, 7) is 1.64. The lowest BCUT2D eigenvalue weighted by atomic mass is 9.68. The van der Waals surface area contributed by atoms with Gasteiger partial charge in [-0.15, -0.1) is 11.8 Å². The molecule has 4 aliphatic rings. The lowest BCUT2D eigenvalue weighted by Crippen LogP contribution is -2.42. The molecular weight excluding hydrogens is 590 g/mol. The number of carboxylic acids is 1. The number of benzene rings is 2. The molecule has 3 fully saturated rings. The van der Waals surface area contributed by atoms with Gasteiger partial charge in [0.25, 0.3) is 5.91 Å². The van der Waals surface area contributed by atoms with E-state index in [9.17, 15) is 24.0 Å². The number of nitrogens with zero attached hydrogens (tertiary/aromatic N) is 1. The minimum atomic E-state index is -1.05. The van der Waals surface area contributed by atoms with Crippen molar-refractivity contribution in [3.8, 4) is 5.75 Å². The third kappa shape index (κ3) is 4.67. The maximum atomic E-state index is 13.6. The number of para-hydroxylation sites is 1. The van der Waals surface area contributed by atoms with Crippen LogP contribution in [0.15, 0.2) is 58.4 Å². The van der Waals surface area contributed by atoms with Crippen molar-refractivity contribution >= 4 is 52.5 Å². The SMILES string of the molecule is Cc1ccc(NC(=O)COc2ccccc2[C@H]2c3sc(=O)[nH]c3SC3C4CC(C5C(=O)N(CCC(=O)O)C(=O)C45)C32)cc1. The number of anilines is 1. The maximum Gasteiger partial charge on any atom is 0.305 e. The lowest BCUT2D eigenvalue weighted by Gasteiger charge is -2.43. The Bertz CT molecular complexity index is 1700. The summed E-state index contributed by atoms with van der Waals surface area (Å²) < 4.78 is 6.11. The molecule has 12 heteroatoms. The molecule has 3 amide bonds. The van der Waals surface area contributed by atoms with Crippen LogP contribution in [-0.2, 0) is 19.2 Å². The van der Waals surface area contributed by atoms with Crippen molar-refractivity contribution in [2.45, 2.75) is 36.0 Å². The van der Waals surface area contributed by atoms with E-state index in [0.29, 0.717) is 11.4 Å². The van der Waals surface area contributed by atoms with Crippen molar-refractivity contribution in [2.75, 3.05) is 18.5 Å².